The molecule has 0 unspecified atom stereocenters. The standard InChI is InChI=1S/C24H16F3N5O4/c1-13-9-20(32(30-13)19-7-5-15(11-28-19)24(25,26)27)29-21(33)14-4-6-17-18(10-14)23(35)31(22(17)34)12-16-3-2-8-36-16/h2-11H,12H2,1H3,(H,29,33). The van der Waals surface area contributed by atoms with Crippen molar-refractivity contribution in [2.24, 2.45) is 0 Å². The van der Waals surface area contributed by atoms with E-state index in [2.05, 4.69) is 15.4 Å². The molecule has 3 amide bonds. The van der Waals surface area contributed by atoms with Gasteiger partial charge >= 0.3 is 6.18 Å². The lowest BCUT2D eigenvalue weighted by Gasteiger charge is -2.11. The monoisotopic (exact) mass is 495 g/mol. The largest absolute Gasteiger partial charge is 0.467 e. The van der Waals surface area contributed by atoms with E-state index in [0.717, 1.165) is 17.0 Å². The van der Waals surface area contributed by atoms with Gasteiger partial charge in [0.25, 0.3) is 17.7 Å². The maximum atomic E-state index is 13.0. The van der Waals surface area contributed by atoms with Gasteiger partial charge in [-0.05, 0) is 49.4 Å². The highest BCUT2D eigenvalue weighted by Crippen LogP contribution is 2.29. The first-order valence-electron chi connectivity index (χ1n) is 10.6. The van der Waals surface area contributed by atoms with Gasteiger partial charge in [0.05, 0.1) is 35.2 Å². The summed E-state index contributed by atoms with van der Waals surface area (Å²) in [6.07, 6.45) is -2.43. The zero-order valence-corrected chi connectivity index (χ0v) is 18.5. The molecule has 0 fully saturated rings. The van der Waals surface area contributed by atoms with E-state index < -0.39 is 29.5 Å². The van der Waals surface area contributed by atoms with Crippen molar-refractivity contribution in [3.8, 4) is 5.82 Å². The molecule has 12 heteroatoms. The molecule has 9 nitrogen and oxygen atoms in total. The summed E-state index contributed by atoms with van der Waals surface area (Å²) >= 11 is 0. The number of amides is 3. The molecule has 0 saturated heterocycles. The Hall–Kier alpha value is -4.74. The van der Waals surface area contributed by atoms with Crippen molar-refractivity contribution in [3.05, 3.63) is 94.7 Å². The van der Waals surface area contributed by atoms with Gasteiger partial charge in [-0.2, -0.15) is 23.0 Å². The van der Waals surface area contributed by atoms with Crippen LogP contribution in [0.2, 0.25) is 0 Å². The fourth-order valence-corrected chi connectivity index (χ4v) is 3.76. The maximum absolute atomic E-state index is 13.0. The van der Waals surface area contributed by atoms with Crippen molar-refractivity contribution in [1.29, 1.82) is 0 Å². The number of hydrogen-bond acceptors (Lipinski definition) is 6. The SMILES string of the molecule is Cc1cc(NC(=O)c2ccc3c(c2)C(=O)N(Cc2ccco2)C3=O)n(-c2ccc(C(F)(F)F)cn2)n1. The van der Waals surface area contributed by atoms with Crippen molar-refractivity contribution >= 4 is 23.5 Å². The number of carbonyl (C=O) groups is 3. The number of halogens is 3. The number of alkyl halides is 3. The first-order chi connectivity index (χ1) is 17.1. The smallest absolute Gasteiger partial charge is 0.417 e. The number of pyridine rings is 1. The molecule has 0 saturated carbocycles. The van der Waals surface area contributed by atoms with Crippen LogP contribution in [-0.4, -0.2) is 37.4 Å². The number of nitrogens with zero attached hydrogens (tertiary/aromatic N) is 4. The molecule has 1 aliphatic rings. The number of benzene rings is 1. The van der Waals surface area contributed by atoms with Gasteiger partial charge < -0.3 is 9.73 Å². The topological polar surface area (TPSA) is 110 Å². The number of furan rings is 1. The van der Waals surface area contributed by atoms with E-state index in [1.807, 2.05) is 0 Å². The summed E-state index contributed by atoms with van der Waals surface area (Å²) in [5, 5.41) is 6.82. The molecule has 1 aromatic carbocycles. The third kappa shape index (κ3) is 4.13. The lowest BCUT2D eigenvalue weighted by atomic mass is 10.1. The third-order valence-electron chi connectivity index (χ3n) is 5.49. The molecule has 1 N–H and O–H groups in total. The van der Waals surface area contributed by atoms with Crippen molar-refractivity contribution in [1.82, 2.24) is 19.7 Å². The lowest BCUT2D eigenvalue weighted by molar-refractivity contribution is -0.137. The fourth-order valence-electron chi connectivity index (χ4n) is 3.76. The zero-order chi connectivity index (χ0) is 25.6. The highest BCUT2D eigenvalue weighted by atomic mass is 19.4. The Balaban J connectivity index is 1.38. The number of fused-ring (bicyclic) bond motifs is 1. The van der Waals surface area contributed by atoms with Crippen molar-refractivity contribution in [2.45, 2.75) is 19.6 Å². The van der Waals surface area contributed by atoms with Gasteiger partial charge in [-0.25, -0.2) is 4.98 Å². The average molecular weight is 495 g/mol. The van der Waals surface area contributed by atoms with Crippen LogP contribution in [-0.2, 0) is 12.7 Å². The number of hydrogen-bond donors (Lipinski definition) is 1. The summed E-state index contributed by atoms with van der Waals surface area (Å²) in [7, 11) is 0. The minimum atomic E-state index is -4.54. The molecule has 0 atom stereocenters. The van der Waals surface area contributed by atoms with Gasteiger partial charge in [0, 0.05) is 17.8 Å². The lowest BCUT2D eigenvalue weighted by Crippen LogP contribution is -2.28. The van der Waals surface area contributed by atoms with Crippen LogP contribution in [0.3, 0.4) is 0 Å². The molecular formula is C24H16F3N5O4. The number of carbonyl (C=O) groups excluding carboxylic acids is 3. The van der Waals surface area contributed by atoms with Crippen molar-refractivity contribution in [3.63, 3.8) is 0 Å². The van der Waals surface area contributed by atoms with E-state index in [-0.39, 0.29) is 34.9 Å². The molecule has 36 heavy (non-hydrogen) atoms. The van der Waals surface area contributed by atoms with Crippen LogP contribution >= 0.6 is 0 Å². The second kappa shape index (κ2) is 8.48. The molecule has 182 valence electrons. The van der Waals surface area contributed by atoms with Crippen LogP contribution in [0.4, 0.5) is 19.0 Å². The first-order valence-corrected chi connectivity index (χ1v) is 10.6. The molecule has 4 heterocycles. The number of anilines is 1. The predicted octanol–water partition coefficient (Wildman–Crippen LogP) is 4.24. The second-order valence-corrected chi connectivity index (χ2v) is 7.98. The van der Waals surface area contributed by atoms with E-state index in [0.29, 0.717) is 17.7 Å². The van der Waals surface area contributed by atoms with Gasteiger partial charge in [-0.1, -0.05) is 0 Å². The van der Waals surface area contributed by atoms with Crippen molar-refractivity contribution in [2.75, 3.05) is 5.32 Å². The van der Waals surface area contributed by atoms with E-state index in [9.17, 15) is 27.6 Å². The summed E-state index contributed by atoms with van der Waals surface area (Å²) in [5.74, 6) is -1.02. The Morgan fingerprint density at radius 3 is 2.50 bits per heavy atom. The van der Waals surface area contributed by atoms with Gasteiger partial charge in [-0.3, -0.25) is 19.3 Å². The van der Waals surface area contributed by atoms with Crippen LogP contribution in [0.25, 0.3) is 5.82 Å². The Kier molecular flexibility index (Phi) is 5.43. The Labute approximate surface area is 201 Å². The van der Waals surface area contributed by atoms with E-state index in [1.54, 1.807) is 19.1 Å². The minimum Gasteiger partial charge on any atom is -0.467 e. The molecular weight excluding hydrogens is 479 g/mol. The molecule has 3 aromatic heterocycles. The summed E-state index contributed by atoms with van der Waals surface area (Å²) in [4.78, 5) is 43.3. The van der Waals surface area contributed by atoms with Gasteiger partial charge in [0.15, 0.2) is 5.82 Å². The summed E-state index contributed by atoms with van der Waals surface area (Å²) in [6.45, 7) is 1.60. The Morgan fingerprint density at radius 2 is 1.83 bits per heavy atom. The molecule has 4 aromatic rings. The fraction of sp³-hybridized carbons (Fsp3) is 0.125. The number of aromatic nitrogens is 3. The highest BCUT2D eigenvalue weighted by molar-refractivity contribution is 6.22. The van der Waals surface area contributed by atoms with Crippen LogP contribution in [0.1, 0.15) is 48.1 Å². The molecule has 1 aliphatic heterocycles. The van der Waals surface area contributed by atoms with Gasteiger partial charge in [0.1, 0.15) is 11.6 Å². The number of imide groups is 1. The molecule has 0 radical (unpaired) electrons. The average Bonchev–Trinajstić information content (AvgIpc) is 3.55. The van der Waals surface area contributed by atoms with Crippen LogP contribution in [0.15, 0.2) is 65.4 Å². The van der Waals surface area contributed by atoms with Gasteiger partial charge in [0.2, 0.25) is 0 Å². The zero-order valence-electron chi connectivity index (χ0n) is 18.5. The van der Waals surface area contributed by atoms with E-state index >= 15 is 0 Å². The first kappa shape index (κ1) is 23.0. The quantitative estimate of drug-likeness (QED) is 0.415. The third-order valence-corrected chi connectivity index (χ3v) is 5.49. The van der Waals surface area contributed by atoms with Crippen LogP contribution in [0.5, 0.6) is 0 Å². The molecule has 0 bridgehead atoms. The Morgan fingerprint density at radius 1 is 1.06 bits per heavy atom. The van der Waals surface area contributed by atoms with E-state index in [1.165, 1.54) is 35.2 Å². The molecule has 0 aliphatic carbocycles. The maximum Gasteiger partial charge on any atom is 0.417 e. The number of rotatable bonds is 5. The van der Waals surface area contributed by atoms with Crippen LogP contribution in [0, 0.1) is 6.92 Å². The Bertz CT molecular complexity index is 1490. The predicted molar refractivity (Wildman–Crippen MR) is 118 cm³/mol. The second-order valence-electron chi connectivity index (χ2n) is 7.98. The summed E-state index contributed by atoms with van der Waals surface area (Å²) in [5.41, 5.74) is -0.0961. The van der Waals surface area contributed by atoms with Crippen LogP contribution < -0.4 is 5.32 Å². The molecule has 5 rings (SSSR count). The minimum absolute atomic E-state index is 0.0422. The summed E-state index contributed by atoms with van der Waals surface area (Å²) in [6, 6.07) is 10.9. The number of nitrogens with one attached hydrogen (secondary N) is 1. The highest BCUT2D eigenvalue weighted by Gasteiger charge is 2.36. The van der Waals surface area contributed by atoms with E-state index in [4.69, 9.17) is 4.42 Å². The summed E-state index contributed by atoms with van der Waals surface area (Å²) < 4.78 is 45.0. The number of aryl methyl sites for hydroxylation is 1. The van der Waals surface area contributed by atoms with Gasteiger partial charge in [-0.15, -0.1) is 0 Å². The normalized spacial score (nSPS) is 13.3. The molecule has 0 spiro atoms. The van der Waals surface area contributed by atoms with Crippen molar-refractivity contribution < 1.29 is 32.0 Å².